The number of halogens is 2. The molecule has 5 rings (SSSR count). The van der Waals surface area contributed by atoms with Gasteiger partial charge in [-0.3, -0.25) is 18.7 Å². The molecule has 3 aromatic carbocycles. The van der Waals surface area contributed by atoms with E-state index in [1.165, 1.54) is 27.3 Å². The minimum atomic E-state index is -0.608. The van der Waals surface area contributed by atoms with Crippen LogP contribution in [0.15, 0.2) is 101 Å². The molecule has 0 N–H and O–H groups in total. The Morgan fingerprint density at radius 3 is 2.28 bits per heavy atom. The highest BCUT2D eigenvalue weighted by Crippen LogP contribution is 2.26. The van der Waals surface area contributed by atoms with Crippen molar-refractivity contribution in [2.75, 3.05) is 0 Å². The average Bonchev–Trinajstić information content (AvgIpc) is 2.80. The minimum absolute atomic E-state index is 0.135. The highest BCUT2D eigenvalue weighted by molar-refractivity contribution is 6.30. The Morgan fingerprint density at radius 1 is 0.812 bits per heavy atom. The van der Waals surface area contributed by atoms with Gasteiger partial charge in [-0.25, -0.2) is 9.37 Å². The number of aromatic nitrogens is 3. The third-order valence-corrected chi connectivity index (χ3v) is 5.41. The first kappa shape index (κ1) is 19.9. The van der Waals surface area contributed by atoms with Crippen LogP contribution in [0.4, 0.5) is 4.39 Å². The molecule has 0 aliphatic heterocycles. The van der Waals surface area contributed by atoms with Gasteiger partial charge >= 0.3 is 0 Å². The largest absolute Gasteiger partial charge is 0.284 e. The lowest BCUT2D eigenvalue weighted by Gasteiger charge is -2.15. The molecule has 0 bridgehead atoms. The third kappa shape index (κ3) is 3.40. The predicted molar refractivity (Wildman–Crippen MR) is 123 cm³/mol. The summed E-state index contributed by atoms with van der Waals surface area (Å²) in [6.45, 7) is 0. The number of hydrogen-bond donors (Lipinski definition) is 0. The van der Waals surface area contributed by atoms with Crippen molar-refractivity contribution in [2.45, 2.75) is 0 Å². The molecule has 156 valence electrons. The van der Waals surface area contributed by atoms with E-state index < -0.39 is 5.82 Å². The minimum Gasteiger partial charge on any atom is -0.284 e. The molecule has 0 radical (unpaired) electrons. The summed E-state index contributed by atoms with van der Waals surface area (Å²) in [4.78, 5) is 30.1. The fourth-order valence-corrected chi connectivity index (χ4v) is 3.74. The Morgan fingerprint density at radius 2 is 1.53 bits per heavy atom. The Bertz CT molecular complexity index is 1590. The van der Waals surface area contributed by atoms with E-state index in [0.717, 1.165) is 0 Å². The van der Waals surface area contributed by atoms with Gasteiger partial charge < -0.3 is 0 Å². The fourth-order valence-electron chi connectivity index (χ4n) is 3.62. The number of hydrogen-bond acceptors (Lipinski definition) is 3. The second-order valence-electron chi connectivity index (χ2n) is 7.14. The van der Waals surface area contributed by atoms with Crippen LogP contribution >= 0.6 is 11.6 Å². The molecular weight excluding hydrogens is 429 g/mol. The van der Waals surface area contributed by atoms with E-state index in [2.05, 4.69) is 4.98 Å². The summed E-state index contributed by atoms with van der Waals surface area (Å²) in [7, 11) is 0. The average molecular weight is 444 g/mol. The number of para-hydroxylation sites is 1. The van der Waals surface area contributed by atoms with Crippen molar-refractivity contribution in [3.8, 4) is 22.8 Å². The summed E-state index contributed by atoms with van der Waals surface area (Å²) < 4.78 is 18.1. The maximum Gasteiger partial charge on any atom is 0.266 e. The van der Waals surface area contributed by atoms with Gasteiger partial charge in [-0.15, -0.1) is 0 Å². The SMILES string of the molecule is O=c1ccccn1-c1ccc(-c2nc3ccccc3c(=O)n2-c2ccc(Cl)cc2)c(F)c1. The zero-order valence-electron chi connectivity index (χ0n) is 16.6. The molecule has 5 nitrogen and oxygen atoms in total. The molecule has 0 saturated carbocycles. The quantitative estimate of drug-likeness (QED) is 0.394. The van der Waals surface area contributed by atoms with Gasteiger partial charge in [0.15, 0.2) is 5.82 Å². The van der Waals surface area contributed by atoms with Crippen molar-refractivity contribution in [1.82, 2.24) is 14.1 Å². The Balaban J connectivity index is 1.78. The lowest BCUT2D eigenvalue weighted by atomic mass is 10.1. The van der Waals surface area contributed by atoms with Gasteiger partial charge in [0.1, 0.15) is 5.82 Å². The highest BCUT2D eigenvalue weighted by atomic mass is 35.5. The summed E-state index contributed by atoms with van der Waals surface area (Å²) in [5.74, 6) is -0.455. The van der Waals surface area contributed by atoms with E-state index in [1.54, 1.807) is 72.9 Å². The maximum atomic E-state index is 15.4. The molecule has 5 aromatic rings. The third-order valence-electron chi connectivity index (χ3n) is 5.15. The number of benzene rings is 3. The Hall–Kier alpha value is -4.03. The molecule has 0 aliphatic carbocycles. The number of nitrogens with zero attached hydrogens (tertiary/aromatic N) is 3. The van der Waals surface area contributed by atoms with Gasteiger partial charge in [0.2, 0.25) is 0 Å². The van der Waals surface area contributed by atoms with Crippen LogP contribution in [0.25, 0.3) is 33.7 Å². The van der Waals surface area contributed by atoms with Crippen LogP contribution in [0, 0.1) is 5.82 Å². The summed E-state index contributed by atoms with van der Waals surface area (Å²) in [6, 6.07) is 22.7. The van der Waals surface area contributed by atoms with Crippen molar-refractivity contribution in [1.29, 1.82) is 0 Å². The molecule has 0 aliphatic rings. The van der Waals surface area contributed by atoms with Gasteiger partial charge in [-0.05, 0) is 60.7 Å². The molecular formula is C25H15ClFN3O2. The van der Waals surface area contributed by atoms with Gasteiger partial charge in [0.25, 0.3) is 11.1 Å². The topological polar surface area (TPSA) is 56.9 Å². The molecule has 2 heterocycles. The first-order valence-corrected chi connectivity index (χ1v) is 10.2. The predicted octanol–water partition coefficient (Wildman–Crippen LogP) is 5.00. The monoisotopic (exact) mass is 443 g/mol. The molecule has 0 atom stereocenters. The van der Waals surface area contributed by atoms with Crippen LogP contribution in [-0.2, 0) is 0 Å². The standard InChI is InChI=1S/C25H15ClFN3O2/c26-16-8-10-17(11-9-16)30-24(28-22-6-2-1-5-20(22)25(30)32)19-13-12-18(15-21(19)27)29-14-4-3-7-23(29)31/h1-15H. The van der Waals surface area contributed by atoms with E-state index in [4.69, 9.17) is 11.6 Å². The fraction of sp³-hybridized carbons (Fsp3) is 0. The van der Waals surface area contributed by atoms with E-state index >= 15 is 4.39 Å². The first-order valence-electron chi connectivity index (χ1n) is 9.79. The molecule has 0 saturated heterocycles. The smallest absolute Gasteiger partial charge is 0.266 e. The molecule has 2 aromatic heterocycles. The van der Waals surface area contributed by atoms with E-state index in [1.807, 2.05) is 0 Å². The normalized spacial score (nSPS) is 11.1. The molecule has 7 heteroatoms. The molecule has 0 unspecified atom stereocenters. The lowest BCUT2D eigenvalue weighted by molar-refractivity contribution is 0.627. The second-order valence-corrected chi connectivity index (χ2v) is 7.58. The Labute approximate surface area is 186 Å². The maximum absolute atomic E-state index is 15.4. The van der Waals surface area contributed by atoms with Crippen molar-refractivity contribution < 1.29 is 4.39 Å². The van der Waals surface area contributed by atoms with Gasteiger partial charge in [-0.1, -0.05) is 29.8 Å². The first-order chi connectivity index (χ1) is 15.5. The van der Waals surface area contributed by atoms with E-state index in [-0.39, 0.29) is 22.5 Å². The van der Waals surface area contributed by atoms with Crippen LogP contribution < -0.4 is 11.1 Å². The summed E-state index contributed by atoms with van der Waals surface area (Å²) in [6.07, 6.45) is 1.56. The zero-order valence-corrected chi connectivity index (χ0v) is 17.3. The van der Waals surface area contributed by atoms with Crippen LogP contribution in [0.1, 0.15) is 0 Å². The van der Waals surface area contributed by atoms with Crippen LogP contribution in [0.2, 0.25) is 5.02 Å². The summed E-state index contributed by atoms with van der Waals surface area (Å²) >= 11 is 6.01. The molecule has 0 fully saturated rings. The number of fused-ring (bicyclic) bond motifs is 1. The highest BCUT2D eigenvalue weighted by Gasteiger charge is 2.18. The van der Waals surface area contributed by atoms with Gasteiger partial charge in [-0.2, -0.15) is 0 Å². The van der Waals surface area contributed by atoms with Crippen LogP contribution in [0.5, 0.6) is 0 Å². The van der Waals surface area contributed by atoms with Crippen molar-refractivity contribution in [3.63, 3.8) is 0 Å². The molecule has 0 spiro atoms. The number of rotatable bonds is 3. The second kappa shape index (κ2) is 7.90. The summed E-state index contributed by atoms with van der Waals surface area (Å²) in [5, 5.41) is 0.931. The van der Waals surface area contributed by atoms with Crippen LogP contribution in [0.3, 0.4) is 0 Å². The van der Waals surface area contributed by atoms with Gasteiger partial charge in [0, 0.05) is 17.3 Å². The Kier molecular flexibility index (Phi) is 4.92. The van der Waals surface area contributed by atoms with Crippen molar-refractivity contribution in [3.05, 3.63) is 123 Å². The van der Waals surface area contributed by atoms with Gasteiger partial charge in [0.05, 0.1) is 27.8 Å². The molecule has 32 heavy (non-hydrogen) atoms. The number of pyridine rings is 1. The van der Waals surface area contributed by atoms with E-state index in [9.17, 15) is 9.59 Å². The summed E-state index contributed by atoms with van der Waals surface area (Å²) in [5.41, 5.74) is 0.877. The van der Waals surface area contributed by atoms with Crippen molar-refractivity contribution >= 4 is 22.5 Å². The zero-order chi connectivity index (χ0) is 22.2. The van der Waals surface area contributed by atoms with Crippen molar-refractivity contribution in [2.24, 2.45) is 0 Å². The van der Waals surface area contributed by atoms with Crippen LogP contribution in [-0.4, -0.2) is 14.1 Å². The molecule has 0 amide bonds. The van der Waals surface area contributed by atoms with E-state index in [0.29, 0.717) is 27.3 Å². The lowest BCUT2D eigenvalue weighted by Crippen LogP contribution is -2.22.